The smallest absolute Gasteiger partial charge is 0.188 e. The standard InChI is InChI=1S/C11H12F2O2/c1-7(2)15-6-11(14)8-3-9(12)5-10(13)4-8/h3-5,7H,6H2,1-2H3. The number of carbonyl (C=O) groups is 1. The highest BCUT2D eigenvalue weighted by Gasteiger charge is 2.10. The van der Waals surface area contributed by atoms with Gasteiger partial charge in [0.15, 0.2) is 5.78 Å². The Labute approximate surface area is 86.9 Å². The van der Waals surface area contributed by atoms with Crippen LogP contribution in [-0.2, 0) is 4.74 Å². The Morgan fingerprint density at radius 1 is 1.27 bits per heavy atom. The molecule has 0 saturated carbocycles. The van der Waals surface area contributed by atoms with Crippen molar-refractivity contribution in [3.63, 3.8) is 0 Å². The van der Waals surface area contributed by atoms with Gasteiger partial charge in [-0.25, -0.2) is 8.78 Å². The van der Waals surface area contributed by atoms with E-state index in [1.807, 2.05) is 0 Å². The molecule has 0 saturated heterocycles. The van der Waals surface area contributed by atoms with Gasteiger partial charge in [-0.1, -0.05) is 0 Å². The molecule has 1 aromatic rings. The second-order valence-electron chi connectivity index (χ2n) is 3.44. The summed E-state index contributed by atoms with van der Waals surface area (Å²) in [5.41, 5.74) is -0.00634. The Morgan fingerprint density at radius 2 is 1.80 bits per heavy atom. The molecule has 1 rings (SSSR count). The van der Waals surface area contributed by atoms with Gasteiger partial charge in [0.1, 0.15) is 18.2 Å². The van der Waals surface area contributed by atoms with Gasteiger partial charge in [-0.3, -0.25) is 4.79 Å². The lowest BCUT2D eigenvalue weighted by Crippen LogP contribution is -2.13. The first kappa shape index (κ1) is 11.8. The Kier molecular flexibility index (Phi) is 3.91. The van der Waals surface area contributed by atoms with Crippen molar-refractivity contribution in [2.75, 3.05) is 6.61 Å². The molecule has 0 heterocycles. The number of hydrogen-bond donors (Lipinski definition) is 0. The SMILES string of the molecule is CC(C)OCC(=O)c1cc(F)cc(F)c1. The predicted molar refractivity (Wildman–Crippen MR) is 51.8 cm³/mol. The third kappa shape index (κ3) is 3.75. The van der Waals surface area contributed by atoms with Crippen molar-refractivity contribution in [1.29, 1.82) is 0 Å². The molecule has 0 spiro atoms. The summed E-state index contributed by atoms with van der Waals surface area (Å²) < 4.78 is 30.6. The van der Waals surface area contributed by atoms with Crippen LogP contribution in [0.3, 0.4) is 0 Å². The maximum atomic E-state index is 12.8. The third-order valence-electron chi connectivity index (χ3n) is 1.73. The van der Waals surface area contributed by atoms with Gasteiger partial charge in [0.2, 0.25) is 0 Å². The van der Waals surface area contributed by atoms with Crippen molar-refractivity contribution < 1.29 is 18.3 Å². The van der Waals surface area contributed by atoms with Crippen LogP contribution in [0.15, 0.2) is 18.2 Å². The lowest BCUT2D eigenvalue weighted by molar-refractivity contribution is 0.0584. The van der Waals surface area contributed by atoms with Crippen molar-refractivity contribution in [2.45, 2.75) is 20.0 Å². The lowest BCUT2D eigenvalue weighted by Gasteiger charge is -2.06. The maximum absolute atomic E-state index is 12.8. The Morgan fingerprint density at radius 3 is 2.27 bits per heavy atom. The minimum atomic E-state index is -0.761. The van der Waals surface area contributed by atoms with Gasteiger partial charge in [-0.2, -0.15) is 0 Å². The van der Waals surface area contributed by atoms with Crippen LogP contribution in [0, 0.1) is 11.6 Å². The molecule has 0 bridgehead atoms. The number of ether oxygens (including phenoxy) is 1. The van der Waals surface area contributed by atoms with E-state index in [4.69, 9.17) is 4.74 Å². The predicted octanol–water partition coefficient (Wildman–Crippen LogP) is 2.57. The number of halogens is 2. The summed E-state index contributed by atoms with van der Waals surface area (Å²) in [6, 6.07) is 2.71. The molecule has 0 aliphatic rings. The van der Waals surface area contributed by atoms with Gasteiger partial charge in [0.05, 0.1) is 6.10 Å². The fraction of sp³-hybridized carbons (Fsp3) is 0.364. The molecule has 0 aromatic heterocycles. The van der Waals surface area contributed by atoms with Crippen LogP contribution < -0.4 is 0 Å². The van der Waals surface area contributed by atoms with Crippen LogP contribution in [0.4, 0.5) is 8.78 Å². The molecule has 4 heteroatoms. The van der Waals surface area contributed by atoms with Crippen molar-refractivity contribution in [3.8, 4) is 0 Å². The van der Waals surface area contributed by atoms with Crippen molar-refractivity contribution in [3.05, 3.63) is 35.4 Å². The quantitative estimate of drug-likeness (QED) is 0.720. The number of ketones is 1. The zero-order valence-corrected chi connectivity index (χ0v) is 8.59. The topological polar surface area (TPSA) is 26.3 Å². The number of benzene rings is 1. The van der Waals surface area contributed by atoms with Crippen LogP contribution in [0.5, 0.6) is 0 Å². The van der Waals surface area contributed by atoms with E-state index in [1.165, 1.54) is 0 Å². The first-order chi connectivity index (χ1) is 6.99. The van der Waals surface area contributed by atoms with Crippen molar-refractivity contribution in [1.82, 2.24) is 0 Å². The molecule has 0 unspecified atom stereocenters. The van der Waals surface area contributed by atoms with Crippen molar-refractivity contribution in [2.24, 2.45) is 0 Å². The zero-order chi connectivity index (χ0) is 11.4. The van der Waals surface area contributed by atoms with Crippen LogP contribution in [0.1, 0.15) is 24.2 Å². The van der Waals surface area contributed by atoms with Gasteiger partial charge < -0.3 is 4.74 Å². The van der Waals surface area contributed by atoms with Crippen LogP contribution in [0.25, 0.3) is 0 Å². The number of rotatable bonds is 4. The number of hydrogen-bond acceptors (Lipinski definition) is 2. The number of Topliss-reactive ketones (excluding diaryl/α,β-unsaturated/α-hetero) is 1. The highest BCUT2D eigenvalue weighted by atomic mass is 19.1. The fourth-order valence-corrected chi connectivity index (χ4v) is 1.04. The molecule has 0 radical (unpaired) electrons. The molecule has 0 fully saturated rings. The van der Waals surface area contributed by atoms with Gasteiger partial charge in [-0.15, -0.1) is 0 Å². The van der Waals surface area contributed by atoms with Crippen molar-refractivity contribution >= 4 is 5.78 Å². The monoisotopic (exact) mass is 214 g/mol. The van der Waals surface area contributed by atoms with Gasteiger partial charge in [0.25, 0.3) is 0 Å². The molecule has 0 aliphatic carbocycles. The highest BCUT2D eigenvalue weighted by Crippen LogP contribution is 2.09. The summed E-state index contributed by atoms with van der Waals surface area (Å²) in [5, 5.41) is 0. The minimum Gasteiger partial charge on any atom is -0.371 e. The van der Waals surface area contributed by atoms with Gasteiger partial charge in [-0.05, 0) is 26.0 Å². The summed E-state index contributed by atoms with van der Waals surface area (Å²) in [4.78, 5) is 11.4. The molecular weight excluding hydrogens is 202 g/mol. The Balaban J connectivity index is 2.73. The number of carbonyl (C=O) groups excluding carboxylic acids is 1. The normalized spacial score (nSPS) is 10.7. The van der Waals surface area contributed by atoms with E-state index in [1.54, 1.807) is 13.8 Å². The largest absolute Gasteiger partial charge is 0.371 e. The van der Waals surface area contributed by atoms with E-state index in [9.17, 15) is 13.6 Å². The average Bonchev–Trinajstić information content (AvgIpc) is 2.12. The Hall–Kier alpha value is -1.29. The van der Waals surface area contributed by atoms with E-state index in [0.29, 0.717) is 0 Å². The molecule has 1 aromatic carbocycles. The second-order valence-corrected chi connectivity index (χ2v) is 3.44. The molecule has 0 amide bonds. The van der Waals surface area contributed by atoms with Gasteiger partial charge >= 0.3 is 0 Å². The first-order valence-electron chi connectivity index (χ1n) is 4.60. The van der Waals surface area contributed by atoms with E-state index in [-0.39, 0.29) is 18.3 Å². The molecule has 0 atom stereocenters. The highest BCUT2D eigenvalue weighted by molar-refractivity contribution is 5.97. The molecular formula is C11H12F2O2. The average molecular weight is 214 g/mol. The van der Waals surface area contributed by atoms with E-state index < -0.39 is 17.4 Å². The molecule has 0 aliphatic heterocycles. The maximum Gasteiger partial charge on any atom is 0.188 e. The third-order valence-corrected chi connectivity index (χ3v) is 1.73. The van der Waals surface area contributed by atoms with E-state index in [2.05, 4.69) is 0 Å². The summed E-state index contributed by atoms with van der Waals surface area (Å²) in [7, 11) is 0. The van der Waals surface area contributed by atoms with Crippen LogP contribution in [-0.4, -0.2) is 18.5 Å². The molecule has 0 N–H and O–H groups in total. The first-order valence-corrected chi connectivity index (χ1v) is 4.60. The van der Waals surface area contributed by atoms with Crippen LogP contribution in [0.2, 0.25) is 0 Å². The summed E-state index contributed by atoms with van der Waals surface area (Å²) in [6.07, 6.45) is -0.0904. The summed E-state index contributed by atoms with van der Waals surface area (Å²) in [6.45, 7) is 3.39. The molecule has 82 valence electrons. The second kappa shape index (κ2) is 4.98. The molecule has 15 heavy (non-hydrogen) atoms. The van der Waals surface area contributed by atoms with E-state index >= 15 is 0 Å². The molecule has 2 nitrogen and oxygen atoms in total. The summed E-state index contributed by atoms with van der Waals surface area (Å²) in [5.74, 6) is -1.95. The minimum absolute atomic E-state index is 0.00634. The van der Waals surface area contributed by atoms with E-state index in [0.717, 1.165) is 18.2 Å². The van der Waals surface area contributed by atoms with Gasteiger partial charge in [0, 0.05) is 11.6 Å². The summed E-state index contributed by atoms with van der Waals surface area (Å²) >= 11 is 0. The Bertz CT molecular complexity index is 341. The fourth-order valence-electron chi connectivity index (χ4n) is 1.04. The van der Waals surface area contributed by atoms with Crippen LogP contribution >= 0.6 is 0 Å². The lowest BCUT2D eigenvalue weighted by atomic mass is 10.1. The zero-order valence-electron chi connectivity index (χ0n) is 8.59.